The van der Waals surface area contributed by atoms with E-state index in [1.54, 1.807) is 60.7 Å². The average molecular weight is 508 g/mol. The molecule has 0 aliphatic heterocycles. The van der Waals surface area contributed by atoms with Crippen LogP contribution in [-0.4, -0.2) is 35.3 Å². The van der Waals surface area contributed by atoms with Gasteiger partial charge in [-0.2, -0.15) is 26.3 Å². The zero-order valence-electron chi connectivity index (χ0n) is 18.4. The number of ketones is 1. The second kappa shape index (κ2) is 9.91. The number of nitrogens with zero attached hydrogens (tertiary/aromatic N) is 6. The summed E-state index contributed by atoms with van der Waals surface area (Å²) < 4.78 is 79.8. The quantitative estimate of drug-likeness (QED) is 0.321. The lowest BCUT2D eigenvalue weighted by Gasteiger charge is -2.23. The zero-order valence-corrected chi connectivity index (χ0v) is 18.4. The Hall–Kier alpha value is -4.03. The lowest BCUT2D eigenvalue weighted by molar-refractivity contribution is -0.145. The number of hydrogen-bond acceptors (Lipinski definition) is 5. The molecule has 4 rings (SSSR count). The second-order valence-corrected chi connectivity index (χ2v) is 7.90. The number of hydrogen-bond donors (Lipinski definition) is 0. The first kappa shape index (κ1) is 25.1. The SMILES string of the molecule is O=C(C(Cn1cnc(C(F)(F)F)n1)c1ccccc1)C(Cn1cnc(C(F)(F)F)n1)c1ccccc1. The van der Waals surface area contributed by atoms with E-state index < -0.39 is 41.6 Å². The molecule has 0 bridgehead atoms. The van der Waals surface area contributed by atoms with Gasteiger partial charge in [0.05, 0.1) is 24.9 Å². The molecule has 2 atom stereocenters. The maximum atomic E-state index is 13.9. The standard InChI is InChI=1S/C23H18F6N6O/c24-22(25,26)20-30-13-34(32-20)11-17(15-7-3-1-4-8-15)19(36)18(16-9-5-2-6-10-16)12-35-14-31-21(33-35)23(27,28)29/h1-10,13-14,17-18H,11-12H2. The molecular formula is C23H18F6N6O. The Morgan fingerprint density at radius 1 is 0.667 bits per heavy atom. The number of aromatic nitrogens is 6. The van der Waals surface area contributed by atoms with Gasteiger partial charge in [-0.15, -0.1) is 10.2 Å². The molecule has 13 heteroatoms. The first-order chi connectivity index (χ1) is 17.0. The number of halogens is 6. The number of carbonyl (C=O) groups excluding carboxylic acids is 1. The minimum Gasteiger partial charge on any atom is -0.298 e. The maximum absolute atomic E-state index is 13.9. The fourth-order valence-corrected chi connectivity index (χ4v) is 3.73. The van der Waals surface area contributed by atoms with Gasteiger partial charge in [-0.25, -0.2) is 9.97 Å². The number of Topliss-reactive ketones (excluding diaryl/α,β-unsaturated/α-hetero) is 1. The fourth-order valence-electron chi connectivity index (χ4n) is 3.73. The summed E-state index contributed by atoms with van der Waals surface area (Å²) in [5.74, 6) is -5.09. The predicted octanol–water partition coefficient (Wildman–Crippen LogP) is 4.74. The van der Waals surface area contributed by atoms with Crippen LogP contribution >= 0.6 is 0 Å². The third kappa shape index (κ3) is 5.78. The molecule has 0 fully saturated rings. The van der Waals surface area contributed by atoms with Crippen molar-refractivity contribution in [3.63, 3.8) is 0 Å². The Bertz CT molecular complexity index is 1200. The van der Waals surface area contributed by atoms with Crippen LogP contribution in [0.1, 0.15) is 34.6 Å². The van der Waals surface area contributed by atoms with Crippen molar-refractivity contribution in [3.05, 3.63) is 96.1 Å². The maximum Gasteiger partial charge on any atom is 0.453 e. The highest BCUT2D eigenvalue weighted by molar-refractivity contribution is 5.91. The lowest BCUT2D eigenvalue weighted by atomic mass is 9.83. The summed E-state index contributed by atoms with van der Waals surface area (Å²) in [6.07, 6.45) is -7.74. The summed E-state index contributed by atoms with van der Waals surface area (Å²) in [4.78, 5) is 20.4. The summed E-state index contributed by atoms with van der Waals surface area (Å²) in [6.45, 7) is -0.527. The molecule has 2 aromatic heterocycles. The molecule has 0 amide bonds. The monoisotopic (exact) mass is 508 g/mol. The zero-order chi connectivity index (χ0) is 25.9. The van der Waals surface area contributed by atoms with Crippen molar-refractivity contribution in [1.82, 2.24) is 29.5 Å². The molecule has 0 saturated heterocycles. The molecule has 2 heterocycles. The van der Waals surface area contributed by atoms with E-state index in [1.807, 2.05) is 0 Å². The number of alkyl halides is 6. The van der Waals surface area contributed by atoms with Gasteiger partial charge in [0.25, 0.3) is 11.6 Å². The van der Waals surface area contributed by atoms with Gasteiger partial charge in [0.15, 0.2) is 5.78 Å². The van der Waals surface area contributed by atoms with Crippen LogP contribution in [0.5, 0.6) is 0 Å². The second-order valence-electron chi connectivity index (χ2n) is 7.90. The Labute approximate surface area is 200 Å². The van der Waals surface area contributed by atoms with Crippen molar-refractivity contribution in [3.8, 4) is 0 Å². The van der Waals surface area contributed by atoms with Crippen LogP contribution in [0.4, 0.5) is 26.3 Å². The van der Waals surface area contributed by atoms with E-state index in [-0.39, 0.29) is 13.1 Å². The van der Waals surface area contributed by atoms with Gasteiger partial charge < -0.3 is 0 Å². The Kier molecular flexibility index (Phi) is 6.91. The van der Waals surface area contributed by atoms with Crippen LogP contribution in [0.15, 0.2) is 73.3 Å². The van der Waals surface area contributed by atoms with Crippen LogP contribution in [0.3, 0.4) is 0 Å². The van der Waals surface area contributed by atoms with Crippen molar-refractivity contribution < 1.29 is 31.1 Å². The molecule has 188 valence electrons. The Morgan fingerprint density at radius 2 is 1.03 bits per heavy atom. The van der Waals surface area contributed by atoms with Crippen LogP contribution < -0.4 is 0 Å². The number of rotatable bonds is 8. The molecule has 0 aliphatic rings. The molecule has 0 N–H and O–H groups in total. The normalized spacial score (nSPS) is 13.9. The van der Waals surface area contributed by atoms with Gasteiger partial charge in [-0.05, 0) is 11.1 Å². The van der Waals surface area contributed by atoms with Crippen molar-refractivity contribution >= 4 is 5.78 Å². The molecule has 0 saturated carbocycles. The highest BCUT2D eigenvalue weighted by Gasteiger charge is 2.38. The Balaban J connectivity index is 1.70. The predicted molar refractivity (Wildman–Crippen MR) is 113 cm³/mol. The minimum atomic E-state index is -4.76. The van der Waals surface area contributed by atoms with E-state index in [0.29, 0.717) is 11.1 Å². The molecule has 0 spiro atoms. The van der Waals surface area contributed by atoms with Crippen LogP contribution in [-0.2, 0) is 30.2 Å². The Morgan fingerprint density at radius 3 is 1.33 bits per heavy atom. The number of carbonyl (C=O) groups is 1. The number of benzene rings is 2. The van der Waals surface area contributed by atoms with Crippen LogP contribution in [0, 0.1) is 0 Å². The third-order valence-corrected chi connectivity index (χ3v) is 5.41. The van der Waals surface area contributed by atoms with Gasteiger partial charge in [-0.1, -0.05) is 60.7 Å². The molecule has 0 radical (unpaired) electrons. The third-order valence-electron chi connectivity index (χ3n) is 5.41. The molecule has 2 unspecified atom stereocenters. The minimum absolute atomic E-state index is 0.263. The van der Waals surface area contributed by atoms with E-state index in [4.69, 9.17) is 0 Å². The van der Waals surface area contributed by atoms with E-state index in [0.717, 1.165) is 22.0 Å². The van der Waals surface area contributed by atoms with Crippen molar-refractivity contribution in [2.24, 2.45) is 0 Å². The highest BCUT2D eigenvalue weighted by Crippen LogP contribution is 2.31. The van der Waals surface area contributed by atoms with E-state index >= 15 is 0 Å². The van der Waals surface area contributed by atoms with E-state index in [9.17, 15) is 31.1 Å². The van der Waals surface area contributed by atoms with E-state index in [1.165, 1.54) is 0 Å². The summed E-state index contributed by atoms with van der Waals surface area (Å²) >= 11 is 0. The summed E-state index contributed by atoms with van der Waals surface area (Å²) in [7, 11) is 0. The topological polar surface area (TPSA) is 78.5 Å². The van der Waals surface area contributed by atoms with Gasteiger partial charge in [0.1, 0.15) is 12.7 Å². The van der Waals surface area contributed by atoms with E-state index in [2.05, 4.69) is 20.2 Å². The van der Waals surface area contributed by atoms with Gasteiger partial charge >= 0.3 is 12.4 Å². The first-order valence-electron chi connectivity index (χ1n) is 10.6. The van der Waals surface area contributed by atoms with Crippen molar-refractivity contribution in [1.29, 1.82) is 0 Å². The molecule has 4 aromatic rings. The molecule has 0 aliphatic carbocycles. The summed E-state index contributed by atoms with van der Waals surface area (Å²) in [5, 5.41) is 6.90. The summed E-state index contributed by atoms with van der Waals surface area (Å²) in [6, 6.07) is 16.7. The highest BCUT2D eigenvalue weighted by atomic mass is 19.4. The molecular weight excluding hydrogens is 490 g/mol. The summed E-state index contributed by atoms with van der Waals surface area (Å²) in [5.41, 5.74) is 1.00. The smallest absolute Gasteiger partial charge is 0.298 e. The molecule has 36 heavy (non-hydrogen) atoms. The molecule has 7 nitrogen and oxygen atoms in total. The van der Waals surface area contributed by atoms with Crippen molar-refractivity contribution in [2.75, 3.05) is 0 Å². The fraction of sp³-hybridized carbons (Fsp3) is 0.261. The largest absolute Gasteiger partial charge is 0.453 e. The van der Waals surface area contributed by atoms with Crippen molar-refractivity contribution in [2.45, 2.75) is 37.3 Å². The van der Waals surface area contributed by atoms with Gasteiger partial charge in [0, 0.05) is 0 Å². The van der Waals surface area contributed by atoms with Gasteiger partial charge in [-0.3, -0.25) is 14.2 Å². The lowest BCUT2D eigenvalue weighted by Crippen LogP contribution is -2.28. The molecule has 2 aromatic carbocycles. The van der Waals surface area contributed by atoms with Crippen LogP contribution in [0.25, 0.3) is 0 Å². The first-order valence-corrected chi connectivity index (χ1v) is 10.6. The average Bonchev–Trinajstić information content (AvgIpc) is 3.51. The van der Waals surface area contributed by atoms with Gasteiger partial charge in [0.2, 0.25) is 0 Å². The van der Waals surface area contributed by atoms with Crippen LogP contribution in [0.2, 0.25) is 0 Å².